The van der Waals surface area contributed by atoms with Crippen LogP contribution >= 0.6 is 11.6 Å². The molecule has 1 aliphatic carbocycles. The Morgan fingerprint density at radius 1 is 0.885 bits per heavy atom. The van der Waals surface area contributed by atoms with Gasteiger partial charge in [-0.2, -0.15) is 0 Å². The fourth-order valence-electron chi connectivity index (χ4n) is 7.00. The van der Waals surface area contributed by atoms with Crippen LogP contribution in [0.4, 0.5) is 4.39 Å². The van der Waals surface area contributed by atoms with E-state index in [1.165, 1.54) is 23.8 Å². The van der Waals surface area contributed by atoms with E-state index in [-0.39, 0.29) is 28.7 Å². The monoisotopic (exact) mass is 726 g/mol. The predicted octanol–water partition coefficient (Wildman–Crippen LogP) is 9.18. The highest BCUT2D eigenvalue weighted by Crippen LogP contribution is 2.37. The number of carbonyl (C=O) groups excluding carboxylic acids is 2. The topological polar surface area (TPSA) is 105 Å². The Labute approximate surface area is 308 Å². The van der Waals surface area contributed by atoms with Crippen molar-refractivity contribution in [1.29, 1.82) is 0 Å². The molecule has 1 unspecified atom stereocenters. The SMILES string of the molecule is CC(C)(C)c1ccc(Oc2ccc3c(c2)C(C(=O)N[C@@H](Cc2ccc(Oc4ccc(F)c(Cl)c4)cc2)C(=O)O)N(C(=O)CC2CCCC2)CC3)cc1. The van der Waals surface area contributed by atoms with E-state index >= 15 is 0 Å². The number of fused-ring (bicyclic) bond motifs is 1. The molecule has 2 N–H and O–H groups in total. The summed E-state index contributed by atoms with van der Waals surface area (Å²) in [6.07, 6.45) is 5.08. The van der Waals surface area contributed by atoms with Crippen LogP contribution in [0.2, 0.25) is 5.02 Å². The third-order valence-corrected chi connectivity index (χ3v) is 10.2. The molecule has 0 saturated heterocycles. The maximum Gasteiger partial charge on any atom is 0.326 e. The molecule has 272 valence electrons. The summed E-state index contributed by atoms with van der Waals surface area (Å²) in [6, 6.07) is 21.9. The first-order valence-electron chi connectivity index (χ1n) is 17.8. The molecule has 2 aliphatic rings. The molecule has 1 fully saturated rings. The molecule has 8 nitrogen and oxygen atoms in total. The number of ether oxygens (including phenoxy) is 2. The number of carboxylic acid groups (broad SMARTS) is 1. The Morgan fingerprint density at radius 2 is 1.48 bits per heavy atom. The van der Waals surface area contributed by atoms with Gasteiger partial charge in [0, 0.05) is 25.5 Å². The van der Waals surface area contributed by atoms with Gasteiger partial charge >= 0.3 is 5.97 Å². The van der Waals surface area contributed by atoms with Crippen LogP contribution in [0.25, 0.3) is 0 Å². The summed E-state index contributed by atoms with van der Waals surface area (Å²) in [6.45, 7) is 6.78. The maximum atomic E-state index is 14.3. The van der Waals surface area contributed by atoms with Gasteiger partial charge in [0.15, 0.2) is 0 Å². The lowest BCUT2D eigenvalue weighted by atomic mass is 9.87. The molecule has 1 saturated carbocycles. The zero-order chi connectivity index (χ0) is 37.0. The van der Waals surface area contributed by atoms with Crippen molar-refractivity contribution in [2.45, 2.75) is 83.2 Å². The molecule has 52 heavy (non-hydrogen) atoms. The summed E-state index contributed by atoms with van der Waals surface area (Å²) < 4.78 is 25.5. The van der Waals surface area contributed by atoms with E-state index in [1.54, 1.807) is 35.2 Å². The molecule has 0 aromatic heterocycles. The van der Waals surface area contributed by atoms with Crippen molar-refractivity contribution in [2.24, 2.45) is 5.92 Å². The number of amides is 2. The van der Waals surface area contributed by atoms with Gasteiger partial charge in [-0.05, 0) is 101 Å². The molecule has 2 atom stereocenters. The summed E-state index contributed by atoms with van der Waals surface area (Å²) in [4.78, 5) is 42.3. The quantitative estimate of drug-likeness (QED) is 0.160. The van der Waals surface area contributed by atoms with Crippen LogP contribution in [0, 0.1) is 11.7 Å². The van der Waals surface area contributed by atoms with Crippen LogP contribution in [0.5, 0.6) is 23.0 Å². The number of carbonyl (C=O) groups is 3. The Morgan fingerprint density at radius 3 is 2.10 bits per heavy atom. The van der Waals surface area contributed by atoms with Gasteiger partial charge in [0.1, 0.15) is 40.9 Å². The number of nitrogens with one attached hydrogen (secondary N) is 1. The molecule has 4 aromatic rings. The number of nitrogens with zero attached hydrogens (tertiary/aromatic N) is 1. The number of hydrogen-bond donors (Lipinski definition) is 2. The number of rotatable bonds is 11. The fourth-order valence-corrected chi connectivity index (χ4v) is 7.17. The minimum atomic E-state index is -1.27. The summed E-state index contributed by atoms with van der Waals surface area (Å²) in [5, 5.41) is 12.9. The van der Waals surface area contributed by atoms with Gasteiger partial charge in [0.25, 0.3) is 0 Å². The molecular weight excluding hydrogens is 683 g/mol. The fraction of sp³-hybridized carbons (Fsp3) is 0.357. The maximum absolute atomic E-state index is 14.3. The van der Waals surface area contributed by atoms with Crippen molar-refractivity contribution >= 4 is 29.4 Å². The van der Waals surface area contributed by atoms with E-state index in [0.29, 0.717) is 53.5 Å². The lowest BCUT2D eigenvalue weighted by molar-refractivity contribution is -0.145. The average Bonchev–Trinajstić information content (AvgIpc) is 3.62. The van der Waals surface area contributed by atoms with Gasteiger partial charge in [-0.3, -0.25) is 9.59 Å². The van der Waals surface area contributed by atoms with Crippen molar-refractivity contribution in [3.05, 3.63) is 118 Å². The molecule has 0 bridgehead atoms. The lowest BCUT2D eigenvalue weighted by Gasteiger charge is -2.37. The summed E-state index contributed by atoms with van der Waals surface area (Å²) >= 11 is 5.87. The van der Waals surface area contributed by atoms with Crippen molar-refractivity contribution in [1.82, 2.24) is 10.2 Å². The zero-order valence-corrected chi connectivity index (χ0v) is 30.4. The second kappa shape index (κ2) is 15.8. The average molecular weight is 727 g/mol. The number of aliphatic carboxylic acids is 1. The highest BCUT2D eigenvalue weighted by Gasteiger charge is 2.38. The highest BCUT2D eigenvalue weighted by molar-refractivity contribution is 6.30. The smallest absolute Gasteiger partial charge is 0.326 e. The van der Waals surface area contributed by atoms with E-state index < -0.39 is 29.8 Å². The van der Waals surface area contributed by atoms with Crippen LogP contribution in [0.3, 0.4) is 0 Å². The first-order chi connectivity index (χ1) is 24.8. The minimum absolute atomic E-state index is 0.00691. The Kier molecular flexibility index (Phi) is 11.2. The van der Waals surface area contributed by atoms with Crippen molar-refractivity contribution in [3.8, 4) is 23.0 Å². The molecular formula is C42H44ClFN2O6. The number of hydrogen-bond acceptors (Lipinski definition) is 5. The second-order valence-electron chi connectivity index (χ2n) is 14.8. The molecule has 1 aliphatic heterocycles. The third kappa shape index (κ3) is 8.94. The third-order valence-electron chi connectivity index (χ3n) is 9.91. The van der Waals surface area contributed by atoms with Gasteiger partial charge in [-0.1, -0.05) is 75.5 Å². The predicted molar refractivity (Wildman–Crippen MR) is 198 cm³/mol. The van der Waals surface area contributed by atoms with Crippen LogP contribution < -0.4 is 14.8 Å². The first-order valence-corrected chi connectivity index (χ1v) is 18.2. The van der Waals surface area contributed by atoms with E-state index in [4.69, 9.17) is 21.1 Å². The minimum Gasteiger partial charge on any atom is -0.480 e. The zero-order valence-electron chi connectivity index (χ0n) is 29.7. The molecule has 1 heterocycles. The van der Waals surface area contributed by atoms with Crippen LogP contribution in [0.1, 0.15) is 81.2 Å². The number of benzene rings is 4. The summed E-state index contributed by atoms with van der Waals surface area (Å²) in [7, 11) is 0. The summed E-state index contributed by atoms with van der Waals surface area (Å²) in [5.74, 6) is -0.192. The molecule has 0 spiro atoms. The van der Waals surface area contributed by atoms with Crippen LogP contribution in [-0.2, 0) is 32.6 Å². The van der Waals surface area contributed by atoms with Crippen molar-refractivity contribution < 1.29 is 33.4 Å². The number of carboxylic acids is 1. The van der Waals surface area contributed by atoms with E-state index in [2.05, 4.69) is 26.1 Å². The summed E-state index contributed by atoms with van der Waals surface area (Å²) in [5.41, 5.74) is 3.34. The normalized spacial score (nSPS) is 16.6. The van der Waals surface area contributed by atoms with Crippen LogP contribution in [0.15, 0.2) is 84.9 Å². The number of halogens is 2. The van der Waals surface area contributed by atoms with Crippen molar-refractivity contribution in [3.63, 3.8) is 0 Å². The Bertz CT molecular complexity index is 1920. The van der Waals surface area contributed by atoms with Gasteiger partial charge in [0.2, 0.25) is 11.8 Å². The van der Waals surface area contributed by atoms with Gasteiger partial charge in [0.05, 0.1) is 5.02 Å². The molecule has 0 radical (unpaired) electrons. The van der Waals surface area contributed by atoms with E-state index in [0.717, 1.165) is 31.2 Å². The van der Waals surface area contributed by atoms with Gasteiger partial charge < -0.3 is 24.8 Å². The lowest BCUT2D eigenvalue weighted by Crippen LogP contribution is -2.51. The first kappa shape index (κ1) is 36.9. The van der Waals surface area contributed by atoms with Gasteiger partial charge in [-0.15, -0.1) is 0 Å². The Balaban J connectivity index is 1.22. The largest absolute Gasteiger partial charge is 0.480 e. The van der Waals surface area contributed by atoms with Crippen LogP contribution in [-0.4, -0.2) is 40.4 Å². The highest BCUT2D eigenvalue weighted by atomic mass is 35.5. The molecule has 10 heteroatoms. The Hall–Kier alpha value is -4.89. The van der Waals surface area contributed by atoms with Crippen molar-refractivity contribution in [2.75, 3.05) is 6.54 Å². The van der Waals surface area contributed by atoms with E-state index in [1.807, 2.05) is 36.4 Å². The van der Waals surface area contributed by atoms with Gasteiger partial charge in [-0.25, -0.2) is 9.18 Å². The van der Waals surface area contributed by atoms with E-state index in [9.17, 15) is 23.9 Å². The molecule has 4 aromatic carbocycles. The molecule has 2 amide bonds. The standard InChI is InChI=1S/C42H44ClFN2O6/c1-42(2,3)29-11-16-31(17-12-29)51-32-15-10-28-20-21-46(38(47)23-26-6-4-5-7-26)39(34(28)24-32)40(48)45-37(41(49)50)22-27-8-13-30(14-9-27)52-33-18-19-36(44)35(43)25-33/h8-19,24-26,37,39H,4-7,20-23H2,1-3H3,(H,45,48)(H,49,50)/t37-,39?/m0/s1. The molecule has 6 rings (SSSR count). The second-order valence-corrected chi connectivity index (χ2v) is 15.2.